The molecule has 0 bridgehead atoms. The lowest BCUT2D eigenvalue weighted by Crippen LogP contribution is -1.86. The molecule has 0 spiro atoms. The molecular formula is C10H16O. The monoisotopic (exact) mass is 152 g/mol. The molecule has 62 valence electrons. The maximum absolute atomic E-state index is 10.5. The Morgan fingerprint density at radius 2 is 2.09 bits per heavy atom. The summed E-state index contributed by atoms with van der Waals surface area (Å²) in [6.07, 6.45) is 8.63. The summed E-state index contributed by atoms with van der Waals surface area (Å²) in [5.41, 5.74) is 0. The fourth-order valence-electron chi connectivity index (χ4n) is 0.816. The van der Waals surface area contributed by atoms with Crippen molar-refractivity contribution in [3.63, 3.8) is 0 Å². The highest BCUT2D eigenvalue weighted by Gasteiger charge is 1.89. The molecule has 0 N–H and O–H groups in total. The third kappa shape index (κ3) is 7.04. The van der Waals surface area contributed by atoms with Crippen LogP contribution in [0.1, 0.15) is 27.2 Å². The molecule has 1 unspecified atom stereocenters. The van der Waals surface area contributed by atoms with Gasteiger partial charge in [-0.25, -0.2) is 0 Å². The minimum absolute atomic E-state index is 0.217. The SMILES string of the molecule is CC=CC(C)C=CCC(C)=O. The molecule has 0 aromatic carbocycles. The summed E-state index contributed by atoms with van der Waals surface area (Å²) < 4.78 is 0. The van der Waals surface area contributed by atoms with Crippen LogP contribution in [0.5, 0.6) is 0 Å². The second kappa shape index (κ2) is 5.90. The number of rotatable bonds is 4. The van der Waals surface area contributed by atoms with Gasteiger partial charge in [0.1, 0.15) is 5.78 Å². The first kappa shape index (κ1) is 10.2. The Morgan fingerprint density at radius 3 is 2.55 bits per heavy atom. The molecule has 11 heavy (non-hydrogen) atoms. The summed E-state index contributed by atoms with van der Waals surface area (Å²) in [7, 11) is 0. The van der Waals surface area contributed by atoms with E-state index in [1.54, 1.807) is 6.92 Å². The number of ketones is 1. The first-order valence-corrected chi connectivity index (χ1v) is 3.95. The van der Waals surface area contributed by atoms with Gasteiger partial charge in [0, 0.05) is 6.42 Å². The van der Waals surface area contributed by atoms with E-state index in [1.807, 2.05) is 25.2 Å². The lowest BCUT2D eigenvalue weighted by atomic mass is 10.1. The van der Waals surface area contributed by atoms with E-state index < -0.39 is 0 Å². The van der Waals surface area contributed by atoms with E-state index in [0.717, 1.165) is 0 Å². The number of allylic oxidation sites excluding steroid dienone is 4. The van der Waals surface area contributed by atoms with Crippen LogP contribution in [0.2, 0.25) is 0 Å². The number of carbonyl (C=O) groups is 1. The zero-order valence-corrected chi connectivity index (χ0v) is 7.50. The summed E-state index contributed by atoms with van der Waals surface area (Å²) in [4.78, 5) is 10.5. The van der Waals surface area contributed by atoms with Crippen LogP contribution in [0.4, 0.5) is 0 Å². The zero-order chi connectivity index (χ0) is 8.69. The summed E-state index contributed by atoms with van der Waals surface area (Å²) in [6, 6.07) is 0. The highest BCUT2D eigenvalue weighted by atomic mass is 16.1. The molecule has 1 nitrogen and oxygen atoms in total. The summed E-state index contributed by atoms with van der Waals surface area (Å²) in [5, 5.41) is 0. The molecule has 0 aliphatic carbocycles. The van der Waals surface area contributed by atoms with Gasteiger partial charge in [-0.1, -0.05) is 31.2 Å². The highest BCUT2D eigenvalue weighted by Crippen LogP contribution is 1.99. The van der Waals surface area contributed by atoms with Crippen LogP contribution in [-0.2, 0) is 4.79 Å². The van der Waals surface area contributed by atoms with E-state index in [0.29, 0.717) is 12.3 Å². The van der Waals surface area contributed by atoms with Crippen molar-refractivity contribution in [2.24, 2.45) is 5.92 Å². The fraction of sp³-hybridized carbons (Fsp3) is 0.500. The number of hydrogen-bond acceptors (Lipinski definition) is 1. The fourth-order valence-corrected chi connectivity index (χ4v) is 0.816. The maximum atomic E-state index is 10.5. The number of Topliss-reactive ketones (excluding diaryl/α,β-unsaturated/α-hetero) is 1. The molecule has 0 aliphatic heterocycles. The predicted molar refractivity (Wildman–Crippen MR) is 48.4 cm³/mol. The van der Waals surface area contributed by atoms with Crippen LogP contribution in [0.15, 0.2) is 24.3 Å². The largest absolute Gasteiger partial charge is 0.300 e. The molecule has 0 aromatic rings. The first-order valence-electron chi connectivity index (χ1n) is 3.95. The van der Waals surface area contributed by atoms with Gasteiger partial charge >= 0.3 is 0 Å². The van der Waals surface area contributed by atoms with Crippen molar-refractivity contribution in [2.75, 3.05) is 0 Å². The molecule has 1 atom stereocenters. The van der Waals surface area contributed by atoms with Crippen LogP contribution >= 0.6 is 0 Å². The van der Waals surface area contributed by atoms with E-state index in [-0.39, 0.29) is 5.78 Å². The van der Waals surface area contributed by atoms with E-state index in [4.69, 9.17) is 0 Å². The van der Waals surface area contributed by atoms with Crippen molar-refractivity contribution in [2.45, 2.75) is 27.2 Å². The Hall–Kier alpha value is -0.850. The second-order valence-corrected chi connectivity index (χ2v) is 2.72. The Labute approximate surface area is 68.8 Å². The van der Waals surface area contributed by atoms with Crippen molar-refractivity contribution in [1.29, 1.82) is 0 Å². The zero-order valence-electron chi connectivity index (χ0n) is 7.50. The average Bonchev–Trinajstić information content (AvgIpc) is 1.87. The second-order valence-electron chi connectivity index (χ2n) is 2.72. The maximum Gasteiger partial charge on any atom is 0.133 e. The van der Waals surface area contributed by atoms with Crippen molar-refractivity contribution in [3.8, 4) is 0 Å². The van der Waals surface area contributed by atoms with E-state index >= 15 is 0 Å². The quantitative estimate of drug-likeness (QED) is 0.566. The van der Waals surface area contributed by atoms with Crippen LogP contribution < -0.4 is 0 Å². The normalized spacial score (nSPS) is 14.5. The molecule has 1 heteroatoms. The van der Waals surface area contributed by atoms with Crippen LogP contribution in [0.3, 0.4) is 0 Å². The molecule has 0 fully saturated rings. The summed E-state index contributed by atoms with van der Waals surface area (Å²) >= 11 is 0. The van der Waals surface area contributed by atoms with Gasteiger partial charge in [-0.15, -0.1) is 0 Å². The van der Waals surface area contributed by atoms with Crippen molar-refractivity contribution < 1.29 is 4.79 Å². The van der Waals surface area contributed by atoms with Crippen LogP contribution in [0, 0.1) is 5.92 Å². The Bertz CT molecular complexity index is 166. The molecule has 0 saturated carbocycles. The van der Waals surface area contributed by atoms with Gasteiger partial charge in [0.2, 0.25) is 0 Å². The summed E-state index contributed by atoms with van der Waals surface area (Å²) in [6.45, 7) is 5.69. The number of carbonyl (C=O) groups excluding carboxylic acids is 1. The molecule has 0 heterocycles. The van der Waals surface area contributed by atoms with Crippen molar-refractivity contribution in [1.82, 2.24) is 0 Å². The van der Waals surface area contributed by atoms with Gasteiger partial charge in [-0.05, 0) is 19.8 Å². The highest BCUT2D eigenvalue weighted by molar-refractivity contribution is 5.76. The summed E-state index contributed by atoms with van der Waals surface area (Å²) in [5.74, 6) is 0.660. The smallest absolute Gasteiger partial charge is 0.133 e. The molecule has 0 saturated heterocycles. The lowest BCUT2D eigenvalue weighted by Gasteiger charge is -1.94. The van der Waals surface area contributed by atoms with Gasteiger partial charge < -0.3 is 0 Å². The molecule has 0 aliphatic rings. The standard InChI is InChI=1S/C10H16O/c1-4-6-9(2)7-5-8-10(3)11/h4-7,9H,8H2,1-3H3. The minimum Gasteiger partial charge on any atom is -0.300 e. The first-order chi connectivity index (χ1) is 5.16. The predicted octanol–water partition coefficient (Wildman–Crippen LogP) is 2.73. The van der Waals surface area contributed by atoms with Gasteiger partial charge in [-0.2, -0.15) is 0 Å². The van der Waals surface area contributed by atoms with Gasteiger partial charge in [-0.3, -0.25) is 4.79 Å². The Balaban J connectivity index is 3.64. The lowest BCUT2D eigenvalue weighted by molar-refractivity contribution is -0.116. The molecular weight excluding hydrogens is 136 g/mol. The minimum atomic E-state index is 0.217. The van der Waals surface area contributed by atoms with E-state index in [9.17, 15) is 4.79 Å². The van der Waals surface area contributed by atoms with E-state index in [2.05, 4.69) is 13.0 Å². The average molecular weight is 152 g/mol. The molecule has 0 amide bonds. The van der Waals surface area contributed by atoms with Gasteiger partial charge in [0.05, 0.1) is 0 Å². The Morgan fingerprint density at radius 1 is 1.45 bits per heavy atom. The molecule has 0 aromatic heterocycles. The molecule has 0 radical (unpaired) electrons. The van der Waals surface area contributed by atoms with E-state index in [1.165, 1.54) is 0 Å². The van der Waals surface area contributed by atoms with Crippen LogP contribution in [0.25, 0.3) is 0 Å². The third-order valence-corrected chi connectivity index (χ3v) is 1.34. The Kier molecular flexibility index (Phi) is 5.44. The van der Waals surface area contributed by atoms with Crippen molar-refractivity contribution in [3.05, 3.63) is 24.3 Å². The molecule has 0 rings (SSSR count). The number of hydrogen-bond donors (Lipinski definition) is 0. The third-order valence-electron chi connectivity index (χ3n) is 1.34. The van der Waals surface area contributed by atoms with Crippen molar-refractivity contribution >= 4 is 5.78 Å². The van der Waals surface area contributed by atoms with Gasteiger partial charge in [0.25, 0.3) is 0 Å². The topological polar surface area (TPSA) is 17.1 Å². The van der Waals surface area contributed by atoms with Crippen LogP contribution in [-0.4, -0.2) is 5.78 Å². The van der Waals surface area contributed by atoms with Gasteiger partial charge in [0.15, 0.2) is 0 Å².